The summed E-state index contributed by atoms with van der Waals surface area (Å²) in [6.07, 6.45) is 3.14. The summed E-state index contributed by atoms with van der Waals surface area (Å²) >= 11 is 0. The first-order valence-electron chi connectivity index (χ1n) is 6.78. The molecule has 0 bridgehead atoms. The SMILES string of the molecule is CCOCCCC1(CN)COc2ccccc2C1. The Morgan fingerprint density at radius 1 is 1.39 bits per heavy atom. The second kappa shape index (κ2) is 6.21. The predicted molar refractivity (Wildman–Crippen MR) is 72.9 cm³/mol. The molecule has 100 valence electrons. The number of benzene rings is 1. The minimum Gasteiger partial charge on any atom is -0.493 e. The van der Waals surface area contributed by atoms with Crippen molar-refractivity contribution < 1.29 is 9.47 Å². The van der Waals surface area contributed by atoms with Gasteiger partial charge in [-0.3, -0.25) is 0 Å². The van der Waals surface area contributed by atoms with E-state index in [-0.39, 0.29) is 5.41 Å². The Kier molecular flexibility index (Phi) is 4.61. The van der Waals surface area contributed by atoms with Crippen molar-refractivity contribution in [2.45, 2.75) is 26.2 Å². The molecule has 0 saturated carbocycles. The normalized spacial score (nSPS) is 22.3. The Bertz CT molecular complexity index is 381. The highest BCUT2D eigenvalue weighted by Gasteiger charge is 2.34. The fraction of sp³-hybridized carbons (Fsp3) is 0.600. The van der Waals surface area contributed by atoms with E-state index in [1.165, 1.54) is 5.56 Å². The van der Waals surface area contributed by atoms with Gasteiger partial charge in [-0.25, -0.2) is 0 Å². The number of hydrogen-bond acceptors (Lipinski definition) is 3. The molecule has 0 saturated heterocycles. The minimum absolute atomic E-state index is 0.0887. The molecule has 1 unspecified atom stereocenters. The largest absolute Gasteiger partial charge is 0.493 e. The Morgan fingerprint density at radius 3 is 3.00 bits per heavy atom. The van der Waals surface area contributed by atoms with Gasteiger partial charge in [0.1, 0.15) is 5.75 Å². The van der Waals surface area contributed by atoms with E-state index < -0.39 is 0 Å². The van der Waals surface area contributed by atoms with E-state index in [2.05, 4.69) is 12.1 Å². The molecule has 18 heavy (non-hydrogen) atoms. The van der Waals surface area contributed by atoms with E-state index in [9.17, 15) is 0 Å². The van der Waals surface area contributed by atoms with E-state index in [0.29, 0.717) is 6.54 Å². The molecule has 2 rings (SSSR count). The van der Waals surface area contributed by atoms with Crippen LogP contribution in [0.15, 0.2) is 24.3 Å². The van der Waals surface area contributed by atoms with Gasteiger partial charge < -0.3 is 15.2 Å². The zero-order chi connectivity index (χ0) is 12.8. The maximum atomic E-state index is 5.99. The molecule has 1 heterocycles. The smallest absolute Gasteiger partial charge is 0.122 e. The van der Waals surface area contributed by atoms with E-state index in [1.807, 2.05) is 19.1 Å². The summed E-state index contributed by atoms with van der Waals surface area (Å²) in [5, 5.41) is 0. The lowest BCUT2D eigenvalue weighted by molar-refractivity contribution is 0.0897. The second-order valence-corrected chi connectivity index (χ2v) is 5.08. The molecule has 3 heteroatoms. The highest BCUT2D eigenvalue weighted by atomic mass is 16.5. The van der Waals surface area contributed by atoms with Gasteiger partial charge in [0.2, 0.25) is 0 Å². The highest BCUT2D eigenvalue weighted by molar-refractivity contribution is 5.36. The fourth-order valence-electron chi connectivity index (χ4n) is 2.56. The van der Waals surface area contributed by atoms with Crippen molar-refractivity contribution in [2.24, 2.45) is 11.1 Å². The molecule has 1 aliphatic rings. The quantitative estimate of drug-likeness (QED) is 0.787. The van der Waals surface area contributed by atoms with Gasteiger partial charge in [0.05, 0.1) is 6.61 Å². The molecule has 3 nitrogen and oxygen atoms in total. The van der Waals surface area contributed by atoms with E-state index in [0.717, 1.165) is 44.8 Å². The van der Waals surface area contributed by atoms with E-state index >= 15 is 0 Å². The van der Waals surface area contributed by atoms with Gasteiger partial charge in [0.25, 0.3) is 0 Å². The van der Waals surface area contributed by atoms with E-state index in [1.54, 1.807) is 0 Å². The average molecular weight is 249 g/mol. The highest BCUT2D eigenvalue weighted by Crippen LogP contribution is 2.36. The first-order valence-corrected chi connectivity index (χ1v) is 6.78. The molecule has 0 spiro atoms. The van der Waals surface area contributed by atoms with Crippen LogP contribution in [0.5, 0.6) is 5.75 Å². The molecular weight excluding hydrogens is 226 g/mol. The maximum absolute atomic E-state index is 5.99. The lowest BCUT2D eigenvalue weighted by atomic mass is 9.77. The Hall–Kier alpha value is -1.06. The van der Waals surface area contributed by atoms with Gasteiger partial charge in [-0.15, -0.1) is 0 Å². The number of fused-ring (bicyclic) bond motifs is 1. The van der Waals surface area contributed by atoms with Crippen LogP contribution in [0.1, 0.15) is 25.3 Å². The van der Waals surface area contributed by atoms with Crippen LogP contribution in [-0.2, 0) is 11.2 Å². The summed E-state index contributed by atoms with van der Waals surface area (Å²) in [4.78, 5) is 0. The molecular formula is C15H23NO2. The van der Waals surface area contributed by atoms with Gasteiger partial charge in [0.15, 0.2) is 0 Å². The van der Waals surface area contributed by atoms with Crippen molar-refractivity contribution in [1.82, 2.24) is 0 Å². The standard InChI is InChI=1S/C15H23NO2/c1-2-17-9-5-8-15(11-16)10-13-6-3-4-7-14(13)18-12-15/h3-4,6-7H,2,5,8-12,16H2,1H3. The lowest BCUT2D eigenvalue weighted by Crippen LogP contribution is -2.41. The monoisotopic (exact) mass is 249 g/mol. The number of rotatable bonds is 6. The lowest BCUT2D eigenvalue weighted by Gasteiger charge is -2.37. The number of ether oxygens (including phenoxy) is 2. The van der Waals surface area contributed by atoms with Gasteiger partial charge in [0, 0.05) is 25.2 Å². The van der Waals surface area contributed by atoms with Gasteiger partial charge in [-0.05, 0) is 37.8 Å². The zero-order valence-corrected chi connectivity index (χ0v) is 11.2. The summed E-state index contributed by atoms with van der Waals surface area (Å²) in [6, 6.07) is 8.26. The van der Waals surface area contributed by atoms with Gasteiger partial charge in [-0.1, -0.05) is 18.2 Å². The van der Waals surface area contributed by atoms with Crippen LogP contribution in [0.4, 0.5) is 0 Å². The molecule has 2 N–H and O–H groups in total. The molecule has 1 atom stereocenters. The topological polar surface area (TPSA) is 44.5 Å². The minimum atomic E-state index is 0.0887. The number of hydrogen-bond donors (Lipinski definition) is 1. The summed E-state index contributed by atoms with van der Waals surface area (Å²) in [7, 11) is 0. The van der Waals surface area contributed by atoms with Crippen molar-refractivity contribution in [3.8, 4) is 5.75 Å². The average Bonchev–Trinajstić information content (AvgIpc) is 2.43. The number of nitrogens with two attached hydrogens (primary N) is 1. The summed E-state index contributed by atoms with van der Waals surface area (Å²) in [5.41, 5.74) is 7.36. The third kappa shape index (κ3) is 3.03. The molecule has 0 fully saturated rings. The predicted octanol–water partition coefficient (Wildman–Crippen LogP) is 2.38. The van der Waals surface area contributed by atoms with Crippen LogP contribution >= 0.6 is 0 Å². The van der Waals surface area contributed by atoms with Crippen LogP contribution in [-0.4, -0.2) is 26.4 Å². The van der Waals surface area contributed by atoms with Crippen LogP contribution in [0.2, 0.25) is 0 Å². The summed E-state index contributed by atoms with van der Waals surface area (Å²) in [6.45, 7) is 5.04. The van der Waals surface area contributed by atoms with E-state index in [4.69, 9.17) is 15.2 Å². The Morgan fingerprint density at radius 2 is 2.22 bits per heavy atom. The van der Waals surface area contributed by atoms with Crippen molar-refractivity contribution in [1.29, 1.82) is 0 Å². The summed E-state index contributed by atoms with van der Waals surface area (Å²) in [5.74, 6) is 1.02. The zero-order valence-electron chi connectivity index (χ0n) is 11.2. The van der Waals surface area contributed by atoms with Crippen LogP contribution in [0, 0.1) is 5.41 Å². The molecule has 0 aromatic heterocycles. The van der Waals surface area contributed by atoms with Crippen molar-refractivity contribution in [3.05, 3.63) is 29.8 Å². The van der Waals surface area contributed by atoms with Crippen molar-refractivity contribution in [3.63, 3.8) is 0 Å². The third-order valence-corrected chi connectivity index (χ3v) is 3.70. The van der Waals surface area contributed by atoms with Gasteiger partial charge in [-0.2, -0.15) is 0 Å². The third-order valence-electron chi connectivity index (χ3n) is 3.70. The molecule has 1 aromatic carbocycles. The van der Waals surface area contributed by atoms with Crippen molar-refractivity contribution in [2.75, 3.05) is 26.4 Å². The molecule has 0 radical (unpaired) electrons. The van der Waals surface area contributed by atoms with Crippen LogP contribution in [0.3, 0.4) is 0 Å². The van der Waals surface area contributed by atoms with Crippen LogP contribution in [0.25, 0.3) is 0 Å². The molecule has 1 aromatic rings. The molecule has 1 aliphatic heterocycles. The Labute approximate surface area is 109 Å². The second-order valence-electron chi connectivity index (χ2n) is 5.08. The first kappa shape index (κ1) is 13.4. The molecule has 0 amide bonds. The summed E-state index contributed by atoms with van der Waals surface area (Å²) < 4.78 is 11.3. The van der Waals surface area contributed by atoms with Gasteiger partial charge >= 0.3 is 0 Å². The van der Waals surface area contributed by atoms with Crippen LogP contribution < -0.4 is 10.5 Å². The molecule has 0 aliphatic carbocycles. The Balaban J connectivity index is 1.98. The maximum Gasteiger partial charge on any atom is 0.122 e. The van der Waals surface area contributed by atoms with Crippen molar-refractivity contribution >= 4 is 0 Å². The number of para-hydroxylation sites is 1. The first-order chi connectivity index (χ1) is 8.79. The fourth-order valence-corrected chi connectivity index (χ4v) is 2.56.